The van der Waals surface area contributed by atoms with Gasteiger partial charge in [-0.05, 0) is 30.9 Å². The van der Waals surface area contributed by atoms with Crippen LogP contribution in [0.5, 0.6) is 0 Å². The second-order valence-electron chi connectivity index (χ2n) is 3.65. The Hall–Kier alpha value is -0.670. The highest BCUT2D eigenvalue weighted by Gasteiger charge is 2.33. The summed E-state index contributed by atoms with van der Waals surface area (Å²) in [6, 6.07) is 1.66. The maximum absolute atomic E-state index is 13.3. The topological polar surface area (TPSA) is 26.0 Å². The molecular formula is C10H10ClF2N. The number of hydrogen-bond donors (Lipinski definition) is 1. The van der Waals surface area contributed by atoms with Crippen LogP contribution in [0.1, 0.15) is 24.4 Å². The lowest BCUT2D eigenvalue weighted by molar-refractivity contribution is 0.504. The molecule has 1 aliphatic carbocycles. The average Bonchev–Trinajstić information content (AvgIpc) is 2.83. The van der Waals surface area contributed by atoms with Crippen LogP contribution in [-0.4, -0.2) is 0 Å². The van der Waals surface area contributed by atoms with Crippen LogP contribution in [0.2, 0.25) is 5.02 Å². The molecular weight excluding hydrogens is 208 g/mol. The molecule has 0 heterocycles. The van der Waals surface area contributed by atoms with Gasteiger partial charge in [-0.1, -0.05) is 11.6 Å². The Labute approximate surface area is 85.9 Å². The zero-order valence-corrected chi connectivity index (χ0v) is 8.19. The van der Waals surface area contributed by atoms with Gasteiger partial charge in [0.25, 0.3) is 0 Å². The molecule has 1 aromatic carbocycles. The normalized spacial score (nSPS) is 18.3. The molecule has 2 rings (SSSR count). The first kappa shape index (κ1) is 9.87. The average molecular weight is 218 g/mol. The maximum atomic E-state index is 13.3. The molecule has 0 saturated heterocycles. The predicted octanol–water partition coefficient (Wildman–Crippen LogP) is 3.03. The van der Waals surface area contributed by atoms with Crippen LogP contribution >= 0.6 is 11.6 Å². The molecule has 0 aliphatic heterocycles. The van der Waals surface area contributed by atoms with E-state index in [2.05, 4.69) is 0 Å². The molecule has 1 atom stereocenters. The van der Waals surface area contributed by atoms with E-state index in [0.29, 0.717) is 0 Å². The van der Waals surface area contributed by atoms with E-state index in [1.54, 1.807) is 0 Å². The first-order chi connectivity index (χ1) is 6.59. The van der Waals surface area contributed by atoms with Crippen LogP contribution < -0.4 is 5.73 Å². The Balaban J connectivity index is 2.40. The van der Waals surface area contributed by atoms with Gasteiger partial charge in [-0.3, -0.25) is 0 Å². The highest BCUT2D eigenvalue weighted by Crippen LogP contribution is 2.41. The van der Waals surface area contributed by atoms with Crippen molar-refractivity contribution >= 4 is 11.6 Å². The molecule has 4 heteroatoms. The lowest BCUT2D eigenvalue weighted by Gasteiger charge is -2.12. The summed E-state index contributed by atoms with van der Waals surface area (Å²) in [6.45, 7) is 0. The van der Waals surface area contributed by atoms with Gasteiger partial charge >= 0.3 is 0 Å². The molecule has 1 saturated carbocycles. The fourth-order valence-corrected chi connectivity index (χ4v) is 1.75. The minimum atomic E-state index is -0.644. The van der Waals surface area contributed by atoms with E-state index in [9.17, 15) is 8.78 Å². The van der Waals surface area contributed by atoms with E-state index in [0.717, 1.165) is 25.0 Å². The number of hydrogen-bond acceptors (Lipinski definition) is 1. The van der Waals surface area contributed by atoms with Gasteiger partial charge in [0.05, 0.1) is 0 Å². The Kier molecular flexibility index (Phi) is 2.45. The van der Waals surface area contributed by atoms with E-state index in [1.807, 2.05) is 0 Å². The first-order valence-corrected chi connectivity index (χ1v) is 4.87. The molecule has 1 aliphatic rings. The van der Waals surface area contributed by atoms with E-state index in [1.165, 1.54) is 0 Å². The Bertz CT molecular complexity index is 340. The van der Waals surface area contributed by atoms with Crippen LogP contribution in [0.25, 0.3) is 0 Å². The lowest BCUT2D eigenvalue weighted by Crippen LogP contribution is -2.16. The molecule has 2 N–H and O–H groups in total. The summed E-state index contributed by atoms with van der Waals surface area (Å²) in [5, 5.41) is 0.0618. The number of halogens is 3. The SMILES string of the molecule is N[C@@H](c1c(F)cc(Cl)cc1F)C1CC1. The van der Waals surface area contributed by atoms with E-state index in [-0.39, 0.29) is 16.5 Å². The highest BCUT2D eigenvalue weighted by molar-refractivity contribution is 6.30. The van der Waals surface area contributed by atoms with Crippen molar-refractivity contribution in [2.24, 2.45) is 11.7 Å². The fraction of sp³-hybridized carbons (Fsp3) is 0.400. The molecule has 14 heavy (non-hydrogen) atoms. The highest BCUT2D eigenvalue weighted by atomic mass is 35.5. The third kappa shape index (κ3) is 1.74. The molecule has 1 fully saturated rings. The zero-order valence-electron chi connectivity index (χ0n) is 7.43. The Morgan fingerprint density at radius 2 is 1.79 bits per heavy atom. The van der Waals surface area contributed by atoms with E-state index < -0.39 is 17.7 Å². The lowest BCUT2D eigenvalue weighted by atomic mass is 10.0. The molecule has 1 nitrogen and oxygen atoms in total. The van der Waals surface area contributed by atoms with Crippen LogP contribution in [0, 0.1) is 17.6 Å². The van der Waals surface area contributed by atoms with Crippen molar-refractivity contribution in [1.82, 2.24) is 0 Å². The predicted molar refractivity (Wildman–Crippen MR) is 51.0 cm³/mol. The van der Waals surface area contributed by atoms with E-state index >= 15 is 0 Å². The van der Waals surface area contributed by atoms with Crippen molar-refractivity contribution in [2.75, 3.05) is 0 Å². The van der Waals surface area contributed by atoms with Gasteiger partial charge in [0.2, 0.25) is 0 Å². The zero-order chi connectivity index (χ0) is 10.3. The summed E-state index contributed by atoms with van der Waals surface area (Å²) >= 11 is 5.50. The summed E-state index contributed by atoms with van der Waals surface area (Å²) < 4.78 is 26.7. The molecule has 1 aromatic rings. The second kappa shape index (κ2) is 3.48. The summed E-state index contributed by atoms with van der Waals surface area (Å²) in [5.74, 6) is -1.07. The van der Waals surface area contributed by atoms with Crippen molar-refractivity contribution in [3.63, 3.8) is 0 Å². The fourth-order valence-electron chi connectivity index (χ4n) is 1.56. The smallest absolute Gasteiger partial charge is 0.132 e. The molecule has 76 valence electrons. The summed E-state index contributed by atoms with van der Waals surface area (Å²) in [5.41, 5.74) is 5.70. The van der Waals surface area contributed by atoms with Crippen LogP contribution in [0.3, 0.4) is 0 Å². The van der Waals surface area contributed by atoms with Crippen molar-refractivity contribution in [1.29, 1.82) is 0 Å². The van der Waals surface area contributed by atoms with Gasteiger partial charge in [0, 0.05) is 16.6 Å². The summed E-state index contributed by atoms with van der Waals surface area (Å²) in [4.78, 5) is 0. The van der Waals surface area contributed by atoms with Crippen molar-refractivity contribution in [2.45, 2.75) is 18.9 Å². The van der Waals surface area contributed by atoms with Gasteiger partial charge in [-0.2, -0.15) is 0 Å². The van der Waals surface area contributed by atoms with Gasteiger partial charge in [0.1, 0.15) is 11.6 Å². The first-order valence-electron chi connectivity index (χ1n) is 4.49. The molecule has 0 aromatic heterocycles. The van der Waals surface area contributed by atoms with Crippen molar-refractivity contribution in [3.8, 4) is 0 Å². The van der Waals surface area contributed by atoms with Gasteiger partial charge < -0.3 is 5.73 Å². The van der Waals surface area contributed by atoms with Crippen molar-refractivity contribution < 1.29 is 8.78 Å². The Morgan fingerprint density at radius 3 is 2.21 bits per heavy atom. The molecule has 0 radical (unpaired) electrons. The quantitative estimate of drug-likeness (QED) is 0.810. The largest absolute Gasteiger partial charge is 0.324 e. The summed E-state index contributed by atoms with van der Waals surface area (Å²) in [7, 11) is 0. The van der Waals surface area contributed by atoms with Crippen molar-refractivity contribution in [3.05, 3.63) is 34.4 Å². The van der Waals surface area contributed by atoms with Gasteiger partial charge in [-0.15, -0.1) is 0 Å². The minimum absolute atomic E-state index is 0.0306. The minimum Gasteiger partial charge on any atom is -0.324 e. The number of nitrogens with two attached hydrogens (primary N) is 1. The third-order valence-electron chi connectivity index (χ3n) is 2.51. The molecule has 0 spiro atoms. The van der Waals surface area contributed by atoms with Gasteiger partial charge in [0.15, 0.2) is 0 Å². The molecule has 0 bridgehead atoms. The molecule has 0 unspecified atom stereocenters. The maximum Gasteiger partial charge on any atom is 0.132 e. The summed E-state index contributed by atoms with van der Waals surface area (Å²) in [6.07, 6.45) is 1.89. The third-order valence-corrected chi connectivity index (χ3v) is 2.73. The van der Waals surface area contributed by atoms with Gasteiger partial charge in [-0.25, -0.2) is 8.78 Å². The van der Waals surface area contributed by atoms with E-state index in [4.69, 9.17) is 17.3 Å². The standard InChI is InChI=1S/C10H10ClF2N/c11-6-3-7(12)9(8(13)4-6)10(14)5-1-2-5/h3-5,10H,1-2,14H2/t10-/m1/s1. The monoisotopic (exact) mass is 217 g/mol. The number of rotatable bonds is 2. The van der Waals surface area contributed by atoms with Crippen LogP contribution in [-0.2, 0) is 0 Å². The van der Waals surface area contributed by atoms with Crippen LogP contribution in [0.4, 0.5) is 8.78 Å². The number of benzene rings is 1. The second-order valence-corrected chi connectivity index (χ2v) is 4.08. The van der Waals surface area contributed by atoms with Crippen LogP contribution in [0.15, 0.2) is 12.1 Å². The Morgan fingerprint density at radius 1 is 1.29 bits per heavy atom. The molecule has 0 amide bonds.